The van der Waals surface area contributed by atoms with Gasteiger partial charge in [-0.05, 0) is 30.7 Å². The van der Waals surface area contributed by atoms with Gasteiger partial charge in [0.2, 0.25) is 0 Å². The highest BCUT2D eigenvalue weighted by atomic mass is 16.4. The van der Waals surface area contributed by atoms with Crippen molar-refractivity contribution in [3.63, 3.8) is 0 Å². The molecule has 1 saturated heterocycles. The molecule has 1 aromatic carbocycles. The summed E-state index contributed by atoms with van der Waals surface area (Å²) in [4.78, 5) is 31.9. The van der Waals surface area contributed by atoms with E-state index < -0.39 is 12.0 Å². The number of anilines is 1. The Hall–Kier alpha value is -2.81. The number of piperazine rings is 1. The van der Waals surface area contributed by atoms with Gasteiger partial charge in [-0.1, -0.05) is 0 Å². The van der Waals surface area contributed by atoms with E-state index in [0.717, 1.165) is 57.3 Å². The number of guanidine groups is 1. The zero-order chi connectivity index (χ0) is 19.2. The van der Waals surface area contributed by atoms with Crippen molar-refractivity contribution in [3.05, 3.63) is 29.8 Å². The van der Waals surface area contributed by atoms with Gasteiger partial charge in [0.15, 0.2) is 5.96 Å². The fourth-order valence-electron chi connectivity index (χ4n) is 3.12. The van der Waals surface area contributed by atoms with Gasteiger partial charge >= 0.3 is 5.97 Å². The van der Waals surface area contributed by atoms with Crippen molar-refractivity contribution in [2.45, 2.75) is 12.5 Å². The number of nitrogens with two attached hydrogens (primary N) is 1. The third kappa shape index (κ3) is 4.88. The first-order valence-electron chi connectivity index (χ1n) is 9.19. The number of carbonyl (C=O) groups is 2. The van der Waals surface area contributed by atoms with Gasteiger partial charge in [-0.25, -0.2) is 0 Å². The number of nitrogens with one attached hydrogen (secondary N) is 2. The van der Waals surface area contributed by atoms with Crippen molar-refractivity contribution in [2.24, 2.45) is 10.7 Å². The molecule has 2 aliphatic heterocycles. The minimum Gasteiger partial charge on any atom is -0.480 e. The number of nitrogens with zero attached hydrogens (tertiary/aromatic N) is 3. The fourth-order valence-corrected chi connectivity index (χ4v) is 3.12. The minimum atomic E-state index is -1.14. The molecule has 1 atom stereocenters. The molecule has 0 unspecified atom stereocenters. The lowest BCUT2D eigenvalue weighted by Crippen LogP contribution is -2.53. The maximum absolute atomic E-state index is 12.1. The van der Waals surface area contributed by atoms with Gasteiger partial charge in [0, 0.05) is 57.1 Å². The summed E-state index contributed by atoms with van der Waals surface area (Å²) in [5.41, 5.74) is 6.94. The molecule has 9 heteroatoms. The Bertz CT molecular complexity index is 698. The summed E-state index contributed by atoms with van der Waals surface area (Å²) in [7, 11) is 0. The Morgan fingerprint density at radius 3 is 2.44 bits per heavy atom. The summed E-state index contributed by atoms with van der Waals surface area (Å²) in [5.74, 6) is -0.462. The van der Waals surface area contributed by atoms with Crippen molar-refractivity contribution < 1.29 is 14.7 Å². The highest BCUT2D eigenvalue weighted by Crippen LogP contribution is 2.17. The molecule has 0 aromatic heterocycles. The molecule has 3 rings (SSSR count). The summed E-state index contributed by atoms with van der Waals surface area (Å²) in [5, 5.41) is 14.6. The van der Waals surface area contributed by atoms with Crippen molar-refractivity contribution in [2.75, 3.05) is 50.7 Å². The van der Waals surface area contributed by atoms with Crippen LogP contribution in [0.15, 0.2) is 29.3 Å². The molecule has 146 valence electrons. The predicted molar refractivity (Wildman–Crippen MR) is 103 cm³/mol. The predicted octanol–water partition coefficient (Wildman–Crippen LogP) is -0.700. The Labute approximate surface area is 158 Å². The molecule has 0 bridgehead atoms. The molecule has 0 saturated carbocycles. The Balaban J connectivity index is 1.51. The van der Waals surface area contributed by atoms with Gasteiger partial charge in [-0.2, -0.15) is 0 Å². The SMILES string of the molecule is N[C@@H](CNC(=O)c1ccc(N2CCN(C3=NCCCN3)CC2)cc1)C(=O)O. The lowest BCUT2D eigenvalue weighted by Gasteiger charge is -2.38. The van der Waals surface area contributed by atoms with E-state index in [2.05, 4.69) is 25.4 Å². The Kier molecular flexibility index (Phi) is 6.12. The number of carbonyl (C=O) groups excluding carboxylic acids is 1. The molecule has 0 aliphatic carbocycles. The van der Waals surface area contributed by atoms with Crippen LogP contribution in [0.4, 0.5) is 5.69 Å². The van der Waals surface area contributed by atoms with Crippen molar-refractivity contribution in [1.82, 2.24) is 15.5 Å². The highest BCUT2D eigenvalue weighted by Gasteiger charge is 2.21. The van der Waals surface area contributed by atoms with Gasteiger partial charge in [-0.3, -0.25) is 14.6 Å². The maximum Gasteiger partial charge on any atom is 0.322 e. The summed E-state index contributed by atoms with van der Waals surface area (Å²) in [6.45, 7) is 5.36. The molecule has 0 spiro atoms. The second-order valence-corrected chi connectivity index (χ2v) is 6.66. The average Bonchev–Trinajstić information content (AvgIpc) is 2.72. The first-order valence-corrected chi connectivity index (χ1v) is 9.19. The number of carboxylic acid groups (broad SMARTS) is 1. The van der Waals surface area contributed by atoms with E-state index in [4.69, 9.17) is 10.8 Å². The molecular formula is C18H26N6O3. The molecular weight excluding hydrogens is 348 g/mol. The second kappa shape index (κ2) is 8.72. The molecule has 9 nitrogen and oxygen atoms in total. The van der Waals surface area contributed by atoms with Gasteiger partial charge in [0.1, 0.15) is 6.04 Å². The monoisotopic (exact) mass is 374 g/mol. The fraction of sp³-hybridized carbons (Fsp3) is 0.500. The lowest BCUT2D eigenvalue weighted by molar-refractivity contribution is -0.138. The molecule has 2 heterocycles. The number of aliphatic imine (C=N–C) groups is 1. The van der Waals surface area contributed by atoms with Gasteiger partial charge in [-0.15, -0.1) is 0 Å². The number of hydrogen-bond acceptors (Lipinski definition) is 7. The summed E-state index contributed by atoms with van der Waals surface area (Å²) in [6.07, 6.45) is 1.09. The molecule has 1 aromatic rings. The molecule has 1 amide bonds. The van der Waals surface area contributed by atoms with E-state index in [1.54, 1.807) is 12.1 Å². The third-order valence-electron chi connectivity index (χ3n) is 4.75. The molecule has 2 aliphatic rings. The number of aliphatic carboxylic acids is 1. The van der Waals surface area contributed by atoms with E-state index >= 15 is 0 Å². The van der Waals surface area contributed by atoms with Gasteiger partial charge < -0.3 is 31.3 Å². The van der Waals surface area contributed by atoms with E-state index in [1.165, 1.54) is 0 Å². The highest BCUT2D eigenvalue weighted by molar-refractivity contribution is 5.94. The van der Waals surface area contributed by atoms with Gasteiger partial charge in [0.05, 0.1) is 0 Å². The van der Waals surface area contributed by atoms with E-state index in [-0.39, 0.29) is 12.5 Å². The molecule has 0 radical (unpaired) electrons. The normalized spacial score (nSPS) is 18.3. The summed E-state index contributed by atoms with van der Waals surface area (Å²) < 4.78 is 0. The topological polar surface area (TPSA) is 123 Å². The largest absolute Gasteiger partial charge is 0.480 e. The standard InChI is InChI=1S/C18H26N6O3/c19-15(17(26)27)12-22-16(25)13-2-4-14(5-3-13)23-8-10-24(11-9-23)18-20-6-1-7-21-18/h2-5,15H,1,6-12,19H2,(H,20,21)(H,22,25)(H,26,27)/t15-/m0/s1. The van der Waals surface area contributed by atoms with Crippen LogP contribution in [0.3, 0.4) is 0 Å². The molecule has 1 fully saturated rings. The van der Waals surface area contributed by atoms with Crippen LogP contribution in [0.2, 0.25) is 0 Å². The number of rotatable bonds is 5. The first kappa shape index (κ1) is 19.0. The second-order valence-electron chi connectivity index (χ2n) is 6.66. The van der Waals surface area contributed by atoms with Crippen LogP contribution in [0.25, 0.3) is 0 Å². The smallest absolute Gasteiger partial charge is 0.322 e. The zero-order valence-corrected chi connectivity index (χ0v) is 15.2. The number of hydrogen-bond donors (Lipinski definition) is 4. The molecule has 27 heavy (non-hydrogen) atoms. The van der Waals surface area contributed by atoms with Gasteiger partial charge in [0.25, 0.3) is 5.91 Å². The Morgan fingerprint density at radius 1 is 1.19 bits per heavy atom. The number of carboxylic acids is 1. The zero-order valence-electron chi connectivity index (χ0n) is 15.2. The molecule has 5 N–H and O–H groups in total. The van der Waals surface area contributed by atoms with Crippen molar-refractivity contribution in [3.8, 4) is 0 Å². The van der Waals surface area contributed by atoms with Crippen LogP contribution in [0, 0.1) is 0 Å². The number of benzene rings is 1. The van der Waals surface area contributed by atoms with Crippen LogP contribution in [-0.4, -0.2) is 79.7 Å². The maximum atomic E-state index is 12.1. The third-order valence-corrected chi connectivity index (χ3v) is 4.75. The lowest BCUT2D eigenvalue weighted by atomic mass is 10.1. The average molecular weight is 374 g/mol. The van der Waals surface area contributed by atoms with Crippen LogP contribution in [0.5, 0.6) is 0 Å². The van der Waals surface area contributed by atoms with E-state index in [1.807, 2.05) is 12.1 Å². The summed E-state index contributed by atoms with van der Waals surface area (Å²) >= 11 is 0. The van der Waals surface area contributed by atoms with E-state index in [9.17, 15) is 9.59 Å². The minimum absolute atomic E-state index is 0.101. The first-order chi connectivity index (χ1) is 13.0. The van der Waals surface area contributed by atoms with E-state index in [0.29, 0.717) is 5.56 Å². The van der Waals surface area contributed by atoms with Crippen LogP contribution >= 0.6 is 0 Å². The Morgan fingerprint density at radius 2 is 1.85 bits per heavy atom. The van der Waals surface area contributed by atoms with Crippen LogP contribution in [0.1, 0.15) is 16.8 Å². The van der Waals surface area contributed by atoms with Crippen molar-refractivity contribution in [1.29, 1.82) is 0 Å². The number of amides is 1. The van der Waals surface area contributed by atoms with Crippen molar-refractivity contribution >= 4 is 23.5 Å². The van der Waals surface area contributed by atoms with Crippen LogP contribution in [-0.2, 0) is 4.79 Å². The van der Waals surface area contributed by atoms with Crippen LogP contribution < -0.4 is 21.3 Å². The summed E-state index contributed by atoms with van der Waals surface area (Å²) in [6, 6.07) is 6.22. The quantitative estimate of drug-likeness (QED) is 0.537.